The fourth-order valence-electron chi connectivity index (χ4n) is 2.29. The molecule has 0 radical (unpaired) electrons. The van der Waals surface area contributed by atoms with E-state index in [0.717, 1.165) is 22.3 Å². The Labute approximate surface area is 164 Å². The SMILES string of the molecule is COc1ccccc1/C=C1\SC(=S)N(NC(=O)c2cccc(Cl)c2)C1=O. The van der Waals surface area contributed by atoms with Crippen LogP contribution in [0.1, 0.15) is 15.9 Å². The minimum atomic E-state index is -0.470. The first-order chi connectivity index (χ1) is 12.5. The Morgan fingerprint density at radius 3 is 2.77 bits per heavy atom. The molecule has 0 unspecified atom stereocenters. The summed E-state index contributed by atoms with van der Waals surface area (Å²) < 4.78 is 5.53. The Balaban J connectivity index is 1.81. The van der Waals surface area contributed by atoms with Gasteiger partial charge in [-0.3, -0.25) is 15.0 Å². The van der Waals surface area contributed by atoms with Gasteiger partial charge in [0.2, 0.25) is 0 Å². The highest BCUT2D eigenvalue weighted by atomic mass is 35.5. The molecule has 132 valence electrons. The number of thioether (sulfide) groups is 1. The van der Waals surface area contributed by atoms with E-state index in [9.17, 15) is 9.59 Å². The van der Waals surface area contributed by atoms with Crippen LogP contribution in [-0.2, 0) is 4.79 Å². The van der Waals surface area contributed by atoms with Crippen molar-refractivity contribution >= 4 is 57.8 Å². The molecule has 1 fully saturated rings. The molecule has 0 saturated carbocycles. The van der Waals surface area contributed by atoms with Crippen LogP contribution in [-0.4, -0.2) is 28.3 Å². The highest BCUT2D eigenvalue weighted by molar-refractivity contribution is 8.26. The number of thiocarbonyl (C=S) groups is 1. The highest BCUT2D eigenvalue weighted by Crippen LogP contribution is 2.33. The second-order valence-electron chi connectivity index (χ2n) is 5.21. The predicted octanol–water partition coefficient (Wildman–Crippen LogP) is 3.89. The largest absolute Gasteiger partial charge is 0.496 e. The molecule has 3 rings (SSSR count). The van der Waals surface area contributed by atoms with Gasteiger partial charge in [0.05, 0.1) is 12.0 Å². The van der Waals surface area contributed by atoms with Crippen LogP contribution in [0.4, 0.5) is 0 Å². The molecule has 0 atom stereocenters. The van der Waals surface area contributed by atoms with Crippen molar-refractivity contribution in [2.24, 2.45) is 0 Å². The number of nitrogens with one attached hydrogen (secondary N) is 1. The molecule has 5 nitrogen and oxygen atoms in total. The third-order valence-corrected chi connectivity index (χ3v) is 5.06. The van der Waals surface area contributed by atoms with Crippen LogP contribution in [0.25, 0.3) is 6.08 Å². The average molecular weight is 405 g/mol. The van der Waals surface area contributed by atoms with Crippen molar-refractivity contribution in [3.05, 3.63) is 69.6 Å². The molecular formula is C18H13ClN2O3S2. The lowest BCUT2D eigenvalue weighted by atomic mass is 10.2. The zero-order valence-electron chi connectivity index (χ0n) is 13.6. The number of hydrogen-bond donors (Lipinski definition) is 1. The van der Waals surface area contributed by atoms with E-state index >= 15 is 0 Å². The van der Waals surface area contributed by atoms with Gasteiger partial charge in [0.15, 0.2) is 4.32 Å². The van der Waals surface area contributed by atoms with Crippen molar-refractivity contribution in [3.8, 4) is 5.75 Å². The van der Waals surface area contributed by atoms with E-state index in [0.29, 0.717) is 21.2 Å². The summed E-state index contributed by atoms with van der Waals surface area (Å²) in [6, 6.07) is 13.7. The quantitative estimate of drug-likeness (QED) is 0.618. The molecule has 8 heteroatoms. The molecule has 1 aliphatic heterocycles. The Bertz CT molecular complexity index is 930. The maximum Gasteiger partial charge on any atom is 0.285 e. The van der Waals surface area contributed by atoms with Crippen LogP contribution >= 0.6 is 35.6 Å². The molecule has 2 amide bonds. The Hall–Kier alpha value is -2.35. The third-order valence-electron chi connectivity index (χ3n) is 3.52. The summed E-state index contributed by atoms with van der Waals surface area (Å²) in [5.41, 5.74) is 3.60. The molecule has 0 aliphatic carbocycles. The fraction of sp³-hybridized carbons (Fsp3) is 0.0556. The normalized spacial score (nSPS) is 15.5. The number of ether oxygens (including phenoxy) is 1. The molecule has 0 aromatic heterocycles. The Morgan fingerprint density at radius 2 is 2.04 bits per heavy atom. The van der Waals surface area contributed by atoms with E-state index < -0.39 is 11.8 Å². The lowest BCUT2D eigenvalue weighted by Gasteiger charge is -2.15. The molecule has 1 aliphatic rings. The molecular weight excluding hydrogens is 392 g/mol. The number of rotatable bonds is 4. The number of benzene rings is 2. The van der Waals surface area contributed by atoms with Gasteiger partial charge in [-0.25, -0.2) is 0 Å². The van der Waals surface area contributed by atoms with E-state index in [1.807, 2.05) is 18.2 Å². The van der Waals surface area contributed by atoms with Crippen molar-refractivity contribution in [1.29, 1.82) is 0 Å². The highest BCUT2D eigenvalue weighted by Gasteiger charge is 2.34. The van der Waals surface area contributed by atoms with Gasteiger partial charge in [-0.15, -0.1) is 0 Å². The number of halogens is 1. The topological polar surface area (TPSA) is 58.6 Å². The first-order valence-electron chi connectivity index (χ1n) is 7.47. The smallest absolute Gasteiger partial charge is 0.285 e. The number of hydrogen-bond acceptors (Lipinski definition) is 5. The second kappa shape index (κ2) is 7.90. The second-order valence-corrected chi connectivity index (χ2v) is 7.32. The minimum absolute atomic E-state index is 0.242. The number of para-hydroxylation sites is 1. The first kappa shape index (κ1) is 18.4. The molecule has 0 spiro atoms. The van der Waals surface area contributed by atoms with Crippen LogP contribution in [0.5, 0.6) is 5.75 Å². The van der Waals surface area contributed by atoms with E-state index in [1.165, 1.54) is 6.07 Å². The molecule has 26 heavy (non-hydrogen) atoms. The lowest BCUT2D eigenvalue weighted by molar-refractivity contribution is -0.123. The van der Waals surface area contributed by atoms with E-state index in [1.54, 1.807) is 37.5 Å². The lowest BCUT2D eigenvalue weighted by Crippen LogP contribution is -2.44. The summed E-state index contributed by atoms with van der Waals surface area (Å²) >= 11 is 12.2. The average Bonchev–Trinajstić information content (AvgIpc) is 2.89. The van der Waals surface area contributed by atoms with Gasteiger partial charge < -0.3 is 4.74 Å². The summed E-state index contributed by atoms with van der Waals surface area (Å²) in [6.07, 6.45) is 1.68. The summed E-state index contributed by atoms with van der Waals surface area (Å²) in [5.74, 6) is -0.232. The summed E-state index contributed by atoms with van der Waals surface area (Å²) in [7, 11) is 1.56. The Kier molecular flexibility index (Phi) is 5.61. The number of methoxy groups -OCH3 is 1. The standard InChI is InChI=1S/C18H13ClN2O3S2/c1-24-14-8-3-2-5-11(14)10-15-17(23)21(18(25)26-15)20-16(22)12-6-4-7-13(19)9-12/h2-10H,1H3,(H,20,22)/b15-10-. The third kappa shape index (κ3) is 3.90. The zero-order chi connectivity index (χ0) is 18.7. The predicted molar refractivity (Wildman–Crippen MR) is 107 cm³/mol. The maximum absolute atomic E-state index is 12.6. The van der Waals surface area contributed by atoms with Gasteiger partial charge in [0.25, 0.3) is 11.8 Å². The van der Waals surface area contributed by atoms with Crippen LogP contribution < -0.4 is 10.2 Å². The van der Waals surface area contributed by atoms with Crippen molar-refractivity contribution < 1.29 is 14.3 Å². The van der Waals surface area contributed by atoms with Gasteiger partial charge in [-0.1, -0.05) is 47.6 Å². The van der Waals surface area contributed by atoms with E-state index in [2.05, 4.69) is 5.43 Å². The molecule has 1 N–H and O–H groups in total. The first-order valence-corrected chi connectivity index (χ1v) is 9.07. The fourth-order valence-corrected chi connectivity index (χ4v) is 3.65. The number of nitrogens with zero attached hydrogens (tertiary/aromatic N) is 1. The number of hydrazine groups is 1. The van der Waals surface area contributed by atoms with E-state index in [4.69, 9.17) is 28.6 Å². The van der Waals surface area contributed by atoms with Crippen LogP contribution in [0, 0.1) is 0 Å². The van der Waals surface area contributed by atoms with Gasteiger partial charge in [-0.2, -0.15) is 5.01 Å². The summed E-state index contributed by atoms with van der Waals surface area (Å²) in [4.78, 5) is 25.4. The number of amides is 2. The van der Waals surface area contributed by atoms with Crippen molar-refractivity contribution in [2.45, 2.75) is 0 Å². The van der Waals surface area contributed by atoms with Crippen LogP contribution in [0.3, 0.4) is 0 Å². The van der Waals surface area contributed by atoms with Crippen molar-refractivity contribution in [2.75, 3.05) is 7.11 Å². The molecule has 2 aromatic rings. The molecule has 0 bridgehead atoms. The maximum atomic E-state index is 12.6. The van der Waals surface area contributed by atoms with Gasteiger partial charge in [0.1, 0.15) is 5.75 Å². The van der Waals surface area contributed by atoms with Crippen LogP contribution in [0.15, 0.2) is 53.4 Å². The zero-order valence-corrected chi connectivity index (χ0v) is 16.0. The van der Waals surface area contributed by atoms with Gasteiger partial charge in [0, 0.05) is 16.1 Å². The summed E-state index contributed by atoms with van der Waals surface area (Å²) in [6.45, 7) is 0. The Morgan fingerprint density at radius 1 is 1.27 bits per heavy atom. The number of carbonyl (C=O) groups excluding carboxylic acids is 2. The summed E-state index contributed by atoms with van der Waals surface area (Å²) in [5, 5.41) is 1.49. The number of carbonyl (C=O) groups is 2. The van der Waals surface area contributed by atoms with Gasteiger partial charge in [-0.05, 0) is 42.6 Å². The molecule has 1 heterocycles. The minimum Gasteiger partial charge on any atom is -0.496 e. The molecule has 1 saturated heterocycles. The monoisotopic (exact) mass is 404 g/mol. The van der Waals surface area contributed by atoms with Crippen molar-refractivity contribution in [3.63, 3.8) is 0 Å². The van der Waals surface area contributed by atoms with Crippen molar-refractivity contribution in [1.82, 2.24) is 10.4 Å². The van der Waals surface area contributed by atoms with E-state index in [-0.39, 0.29) is 4.32 Å². The molecule has 2 aromatic carbocycles. The van der Waals surface area contributed by atoms with Crippen LogP contribution in [0.2, 0.25) is 5.02 Å². The van der Waals surface area contributed by atoms with Gasteiger partial charge >= 0.3 is 0 Å².